The lowest BCUT2D eigenvalue weighted by Crippen LogP contribution is -2.33. The van der Waals surface area contributed by atoms with E-state index >= 15 is 0 Å². The van der Waals surface area contributed by atoms with Crippen LogP contribution in [0.2, 0.25) is 0 Å². The Labute approximate surface area is 156 Å². The molecule has 0 bridgehead atoms. The number of aryl methyl sites for hydroxylation is 1. The molecule has 0 radical (unpaired) electrons. The highest BCUT2D eigenvalue weighted by atomic mass is 32.2. The third-order valence-corrected chi connectivity index (χ3v) is 5.13. The summed E-state index contributed by atoms with van der Waals surface area (Å²) in [5.41, 5.74) is 2.48. The first kappa shape index (κ1) is 18.6. The second kappa shape index (κ2) is 8.44. The number of benzene rings is 1. The molecule has 1 aromatic heterocycles. The Morgan fingerprint density at radius 2 is 1.96 bits per heavy atom. The topological polar surface area (TPSA) is 79.7 Å². The zero-order valence-electron chi connectivity index (χ0n) is 14.4. The minimum absolute atomic E-state index is 0.214. The van der Waals surface area contributed by atoms with Crippen molar-refractivity contribution in [2.24, 2.45) is 0 Å². The number of thioether (sulfide) groups is 1. The highest BCUT2D eigenvalue weighted by molar-refractivity contribution is 8.15. The Morgan fingerprint density at radius 1 is 1.19 bits per heavy atom. The minimum Gasteiger partial charge on any atom is -0.384 e. The number of nitrogens with zero attached hydrogens (tertiary/aromatic N) is 2. The van der Waals surface area contributed by atoms with Crippen LogP contribution < -0.4 is 0 Å². The molecular formula is C19H20N2O4S. The Morgan fingerprint density at radius 3 is 2.62 bits per heavy atom. The first-order valence-electron chi connectivity index (χ1n) is 8.42. The van der Waals surface area contributed by atoms with E-state index in [1.807, 2.05) is 43.3 Å². The zero-order chi connectivity index (χ0) is 18.5. The summed E-state index contributed by atoms with van der Waals surface area (Å²) in [6.07, 6.45) is 1.99. The molecule has 136 valence electrons. The van der Waals surface area contributed by atoms with Crippen LogP contribution >= 0.6 is 11.8 Å². The van der Waals surface area contributed by atoms with E-state index in [4.69, 9.17) is 4.84 Å². The molecule has 1 aliphatic rings. The Balaban J connectivity index is 1.57. The largest absolute Gasteiger partial charge is 0.384 e. The molecule has 1 N–H and O–H groups in total. The van der Waals surface area contributed by atoms with Crippen LogP contribution in [0.25, 0.3) is 0 Å². The van der Waals surface area contributed by atoms with Crippen molar-refractivity contribution in [3.8, 4) is 0 Å². The van der Waals surface area contributed by atoms with Gasteiger partial charge in [-0.3, -0.25) is 19.4 Å². The molecule has 0 saturated carbocycles. The number of imide groups is 1. The molecule has 2 amide bonds. The summed E-state index contributed by atoms with van der Waals surface area (Å²) in [5.74, 6) is -0.398. The average molecular weight is 372 g/mol. The van der Waals surface area contributed by atoms with Crippen molar-refractivity contribution in [1.29, 1.82) is 0 Å². The summed E-state index contributed by atoms with van der Waals surface area (Å²) in [5, 5.41) is 9.96. The van der Waals surface area contributed by atoms with Gasteiger partial charge in [0.25, 0.3) is 5.91 Å². The number of aliphatic hydroxyl groups is 1. The third kappa shape index (κ3) is 4.30. The van der Waals surface area contributed by atoms with Gasteiger partial charge < -0.3 is 5.11 Å². The van der Waals surface area contributed by atoms with Crippen molar-refractivity contribution in [1.82, 2.24) is 10.0 Å². The van der Waals surface area contributed by atoms with Crippen LogP contribution in [0, 0.1) is 0 Å². The fourth-order valence-corrected chi connectivity index (χ4v) is 3.54. The maximum Gasteiger partial charge on any atom is 0.313 e. The van der Waals surface area contributed by atoms with E-state index in [1.54, 1.807) is 12.3 Å². The average Bonchev–Trinajstić information content (AvgIpc) is 2.93. The quantitative estimate of drug-likeness (QED) is 0.805. The lowest BCUT2D eigenvalue weighted by molar-refractivity contribution is -0.171. The maximum absolute atomic E-state index is 12.4. The number of hydrogen-bond acceptors (Lipinski definition) is 6. The van der Waals surface area contributed by atoms with Crippen LogP contribution in [0.5, 0.6) is 0 Å². The number of rotatable bonds is 7. The summed E-state index contributed by atoms with van der Waals surface area (Å²) >= 11 is 0.944. The number of aliphatic hydroxyl groups excluding tert-OH is 1. The summed E-state index contributed by atoms with van der Waals surface area (Å²) in [6, 6.07) is 13.1. The molecule has 1 saturated heterocycles. The monoisotopic (exact) mass is 372 g/mol. The number of carbonyl (C=O) groups is 2. The van der Waals surface area contributed by atoms with E-state index in [9.17, 15) is 14.7 Å². The second-order valence-corrected chi connectivity index (χ2v) is 7.11. The van der Waals surface area contributed by atoms with Gasteiger partial charge in [-0.1, -0.05) is 43.3 Å². The highest BCUT2D eigenvalue weighted by Gasteiger charge is 2.41. The molecule has 3 rings (SSSR count). The van der Waals surface area contributed by atoms with Gasteiger partial charge >= 0.3 is 5.24 Å². The van der Waals surface area contributed by atoms with Crippen LogP contribution in [0.15, 0.2) is 48.7 Å². The van der Waals surface area contributed by atoms with Gasteiger partial charge in [0.2, 0.25) is 0 Å². The van der Waals surface area contributed by atoms with E-state index in [0.29, 0.717) is 12.1 Å². The van der Waals surface area contributed by atoms with Gasteiger partial charge in [0.15, 0.2) is 0 Å². The van der Waals surface area contributed by atoms with Gasteiger partial charge in [-0.2, -0.15) is 0 Å². The van der Waals surface area contributed by atoms with Crippen LogP contribution in [-0.4, -0.2) is 38.2 Å². The molecular weight excluding hydrogens is 352 g/mol. The standard InChI is InChI=1S/C19H20N2O4S/c1-2-13-8-9-15(20-11-13)16(22)12-25-21-18(23)17(26-19(21)24)10-14-6-4-3-5-7-14/h3-9,11,16-17,22H,2,10,12H2,1H3. The molecule has 7 heteroatoms. The first-order chi connectivity index (χ1) is 12.6. The lowest BCUT2D eigenvalue weighted by atomic mass is 10.1. The van der Waals surface area contributed by atoms with Crippen molar-refractivity contribution in [2.75, 3.05) is 6.61 Å². The van der Waals surface area contributed by atoms with Gasteiger partial charge in [-0.15, -0.1) is 5.06 Å². The van der Waals surface area contributed by atoms with Crippen molar-refractivity contribution >= 4 is 22.9 Å². The molecule has 2 unspecified atom stereocenters. The van der Waals surface area contributed by atoms with Crippen molar-refractivity contribution in [3.05, 3.63) is 65.5 Å². The predicted octanol–water partition coefficient (Wildman–Crippen LogP) is 2.92. The predicted molar refractivity (Wildman–Crippen MR) is 98.3 cm³/mol. The van der Waals surface area contributed by atoms with Crippen LogP contribution in [0.4, 0.5) is 4.79 Å². The molecule has 1 aromatic carbocycles. The SMILES string of the molecule is CCc1ccc(C(O)CON2C(=O)SC(Cc3ccccc3)C2=O)nc1. The third-order valence-electron chi connectivity index (χ3n) is 4.11. The molecule has 2 atom stereocenters. The van der Waals surface area contributed by atoms with Crippen LogP contribution in [0.1, 0.15) is 29.8 Å². The van der Waals surface area contributed by atoms with E-state index in [0.717, 1.165) is 34.4 Å². The zero-order valence-corrected chi connectivity index (χ0v) is 15.2. The highest BCUT2D eigenvalue weighted by Crippen LogP contribution is 2.30. The van der Waals surface area contributed by atoms with Gasteiger partial charge in [-0.25, -0.2) is 0 Å². The number of carbonyl (C=O) groups excluding carboxylic acids is 2. The summed E-state index contributed by atoms with van der Waals surface area (Å²) < 4.78 is 0. The second-order valence-electron chi connectivity index (χ2n) is 5.95. The molecule has 6 nitrogen and oxygen atoms in total. The normalized spacial score (nSPS) is 18.4. The fraction of sp³-hybridized carbons (Fsp3) is 0.316. The number of hydrogen-bond donors (Lipinski definition) is 1. The van der Waals surface area contributed by atoms with Crippen LogP contribution in [0.3, 0.4) is 0 Å². The molecule has 1 fully saturated rings. The lowest BCUT2D eigenvalue weighted by Gasteiger charge is -2.16. The van der Waals surface area contributed by atoms with E-state index < -0.39 is 22.5 Å². The fourth-order valence-electron chi connectivity index (χ4n) is 2.59. The van der Waals surface area contributed by atoms with Gasteiger partial charge in [0.05, 0.1) is 10.9 Å². The molecule has 2 heterocycles. The first-order valence-corrected chi connectivity index (χ1v) is 9.30. The molecule has 1 aliphatic heterocycles. The molecule has 0 aliphatic carbocycles. The van der Waals surface area contributed by atoms with E-state index in [2.05, 4.69) is 4.98 Å². The molecule has 0 spiro atoms. The van der Waals surface area contributed by atoms with Crippen molar-refractivity contribution < 1.29 is 19.5 Å². The number of pyridine rings is 1. The van der Waals surface area contributed by atoms with Gasteiger partial charge in [-0.05, 0) is 41.8 Å². The Hall–Kier alpha value is -2.22. The van der Waals surface area contributed by atoms with E-state index in [-0.39, 0.29) is 6.61 Å². The Bertz CT molecular complexity index is 767. The number of amides is 2. The smallest absolute Gasteiger partial charge is 0.313 e. The Kier molecular flexibility index (Phi) is 6.03. The summed E-state index contributed by atoms with van der Waals surface area (Å²) in [6.45, 7) is 1.80. The van der Waals surface area contributed by atoms with Crippen molar-refractivity contribution in [2.45, 2.75) is 31.1 Å². The summed E-state index contributed by atoms with van der Waals surface area (Å²) in [7, 11) is 0. The minimum atomic E-state index is -1.01. The van der Waals surface area contributed by atoms with Gasteiger partial charge in [0, 0.05) is 6.20 Å². The number of hydroxylamine groups is 2. The van der Waals surface area contributed by atoms with Crippen molar-refractivity contribution in [3.63, 3.8) is 0 Å². The maximum atomic E-state index is 12.4. The van der Waals surface area contributed by atoms with Crippen LogP contribution in [-0.2, 0) is 22.5 Å². The molecule has 2 aromatic rings. The van der Waals surface area contributed by atoms with E-state index in [1.165, 1.54) is 0 Å². The van der Waals surface area contributed by atoms with Gasteiger partial charge in [0.1, 0.15) is 12.7 Å². The molecule has 26 heavy (non-hydrogen) atoms. The summed E-state index contributed by atoms with van der Waals surface area (Å²) in [4.78, 5) is 34.0. The number of aromatic nitrogens is 1.